The average molecular weight is 233 g/mol. The van der Waals surface area contributed by atoms with Crippen LogP contribution in [0.4, 0.5) is 0 Å². The lowest BCUT2D eigenvalue weighted by atomic mass is 10.0. The Morgan fingerprint density at radius 2 is 2.06 bits per heavy atom. The Morgan fingerprint density at radius 1 is 1.35 bits per heavy atom. The van der Waals surface area contributed by atoms with Gasteiger partial charge in [0.1, 0.15) is 11.5 Å². The summed E-state index contributed by atoms with van der Waals surface area (Å²) in [5.41, 5.74) is 1.74. The first kappa shape index (κ1) is 11.7. The Balaban J connectivity index is 2.84. The summed E-state index contributed by atoms with van der Waals surface area (Å²) < 4.78 is 5.14. The molecule has 1 aromatic carbocycles. The van der Waals surface area contributed by atoms with Crippen molar-refractivity contribution in [3.05, 3.63) is 29.5 Å². The van der Waals surface area contributed by atoms with Crippen molar-refractivity contribution < 1.29 is 14.9 Å². The highest BCUT2D eigenvalue weighted by Gasteiger charge is 2.16. The van der Waals surface area contributed by atoms with Crippen LogP contribution in [0.25, 0.3) is 10.9 Å². The molecule has 1 heterocycles. The van der Waals surface area contributed by atoms with Gasteiger partial charge in [-0.25, -0.2) is 4.98 Å². The van der Waals surface area contributed by atoms with Crippen molar-refractivity contribution in [1.29, 1.82) is 0 Å². The van der Waals surface area contributed by atoms with Gasteiger partial charge < -0.3 is 14.9 Å². The normalized spacial score (nSPS) is 12.7. The first-order valence-electron chi connectivity index (χ1n) is 5.40. The highest BCUT2D eigenvalue weighted by atomic mass is 16.5. The molecule has 0 bridgehead atoms. The third-order valence-electron chi connectivity index (χ3n) is 2.80. The van der Waals surface area contributed by atoms with Gasteiger partial charge in [0.25, 0.3) is 0 Å². The molecule has 1 unspecified atom stereocenters. The number of rotatable bonds is 2. The minimum Gasteiger partial charge on any atom is -0.506 e. The van der Waals surface area contributed by atoms with E-state index in [0.29, 0.717) is 22.4 Å². The standard InChI is InChI=1S/C13H15NO3/c1-7-13(16)12(8(2)15)10-6-9(17-3)4-5-11(10)14-7/h4-6,8,15-16H,1-3H3. The van der Waals surface area contributed by atoms with E-state index in [1.54, 1.807) is 33.1 Å². The number of methoxy groups -OCH3 is 1. The zero-order valence-corrected chi connectivity index (χ0v) is 10.1. The number of aliphatic hydroxyl groups is 1. The molecule has 0 saturated heterocycles. The number of aliphatic hydroxyl groups excluding tert-OH is 1. The third-order valence-corrected chi connectivity index (χ3v) is 2.80. The summed E-state index contributed by atoms with van der Waals surface area (Å²) in [4.78, 5) is 4.28. The van der Waals surface area contributed by atoms with Gasteiger partial charge in [-0.3, -0.25) is 0 Å². The summed E-state index contributed by atoms with van der Waals surface area (Å²) in [5, 5.41) is 20.4. The zero-order chi connectivity index (χ0) is 12.6. The number of ether oxygens (including phenoxy) is 1. The monoisotopic (exact) mass is 233 g/mol. The minimum absolute atomic E-state index is 0.0424. The van der Waals surface area contributed by atoms with E-state index in [4.69, 9.17) is 4.74 Å². The van der Waals surface area contributed by atoms with Crippen molar-refractivity contribution in [1.82, 2.24) is 4.98 Å². The number of nitrogens with zero attached hydrogens (tertiary/aromatic N) is 1. The van der Waals surface area contributed by atoms with Gasteiger partial charge in [0, 0.05) is 10.9 Å². The van der Waals surface area contributed by atoms with Crippen LogP contribution in [0.3, 0.4) is 0 Å². The largest absolute Gasteiger partial charge is 0.506 e. The van der Waals surface area contributed by atoms with Gasteiger partial charge in [-0.1, -0.05) is 0 Å². The summed E-state index contributed by atoms with van der Waals surface area (Å²) in [5.74, 6) is 0.713. The lowest BCUT2D eigenvalue weighted by Crippen LogP contribution is -1.98. The molecular formula is C13H15NO3. The highest BCUT2D eigenvalue weighted by molar-refractivity contribution is 5.86. The summed E-state index contributed by atoms with van der Waals surface area (Å²) in [6, 6.07) is 5.38. The molecule has 1 atom stereocenters. The van der Waals surface area contributed by atoms with E-state index in [2.05, 4.69) is 4.98 Å². The van der Waals surface area contributed by atoms with Gasteiger partial charge in [0.15, 0.2) is 0 Å². The van der Waals surface area contributed by atoms with Crippen molar-refractivity contribution >= 4 is 10.9 Å². The molecule has 0 amide bonds. The third kappa shape index (κ3) is 1.91. The number of pyridine rings is 1. The van der Waals surface area contributed by atoms with Crippen molar-refractivity contribution in [3.8, 4) is 11.5 Å². The molecular weight excluding hydrogens is 218 g/mol. The molecule has 0 saturated carbocycles. The fourth-order valence-corrected chi connectivity index (χ4v) is 1.93. The fourth-order valence-electron chi connectivity index (χ4n) is 1.93. The SMILES string of the molecule is COc1ccc2nc(C)c(O)c(C(C)O)c2c1. The second-order valence-corrected chi connectivity index (χ2v) is 4.02. The fraction of sp³-hybridized carbons (Fsp3) is 0.308. The molecule has 2 aromatic rings. The van der Waals surface area contributed by atoms with Gasteiger partial charge in [-0.2, -0.15) is 0 Å². The quantitative estimate of drug-likeness (QED) is 0.835. The molecule has 4 heteroatoms. The summed E-state index contributed by atoms with van der Waals surface area (Å²) >= 11 is 0. The molecule has 17 heavy (non-hydrogen) atoms. The van der Waals surface area contributed by atoms with Crippen LogP contribution in [0.1, 0.15) is 24.3 Å². The number of hydrogen-bond donors (Lipinski definition) is 2. The van der Waals surface area contributed by atoms with Crippen molar-refractivity contribution in [2.24, 2.45) is 0 Å². The van der Waals surface area contributed by atoms with Gasteiger partial charge in [0.05, 0.1) is 24.4 Å². The molecule has 2 N–H and O–H groups in total. The average Bonchev–Trinajstić information content (AvgIpc) is 2.29. The Labute approximate surface area is 99.5 Å². The van der Waals surface area contributed by atoms with Crippen molar-refractivity contribution in [2.75, 3.05) is 7.11 Å². The zero-order valence-electron chi connectivity index (χ0n) is 10.1. The molecule has 0 aliphatic heterocycles. The molecule has 1 aromatic heterocycles. The first-order valence-corrected chi connectivity index (χ1v) is 5.40. The molecule has 0 aliphatic carbocycles. The number of benzene rings is 1. The van der Waals surface area contributed by atoms with Crippen LogP contribution in [-0.2, 0) is 0 Å². The first-order chi connectivity index (χ1) is 8.04. The van der Waals surface area contributed by atoms with Gasteiger partial charge in [-0.15, -0.1) is 0 Å². The van der Waals surface area contributed by atoms with E-state index in [1.165, 1.54) is 0 Å². The van der Waals surface area contributed by atoms with Crippen LogP contribution in [0.2, 0.25) is 0 Å². The van der Waals surface area contributed by atoms with Crippen LogP contribution < -0.4 is 4.74 Å². The molecule has 4 nitrogen and oxygen atoms in total. The second-order valence-electron chi connectivity index (χ2n) is 4.02. The van der Waals surface area contributed by atoms with Crippen LogP contribution in [0.15, 0.2) is 18.2 Å². The summed E-state index contributed by atoms with van der Waals surface area (Å²) in [7, 11) is 1.57. The molecule has 0 radical (unpaired) electrons. The van der Waals surface area contributed by atoms with Crippen LogP contribution in [-0.4, -0.2) is 22.3 Å². The maximum Gasteiger partial charge on any atom is 0.143 e. The predicted molar refractivity (Wildman–Crippen MR) is 65.3 cm³/mol. The Kier molecular flexibility index (Phi) is 2.90. The van der Waals surface area contributed by atoms with E-state index < -0.39 is 6.10 Å². The molecule has 0 aliphatic rings. The summed E-state index contributed by atoms with van der Waals surface area (Å²) in [6.45, 7) is 3.33. The minimum atomic E-state index is -0.758. The maximum atomic E-state index is 9.97. The van der Waals surface area contributed by atoms with E-state index in [-0.39, 0.29) is 5.75 Å². The number of fused-ring (bicyclic) bond motifs is 1. The Morgan fingerprint density at radius 3 is 2.65 bits per heavy atom. The van der Waals surface area contributed by atoms with Gasteiger partial charge in [0.2, 0.25) is 0 Å². The van der Waals surface area contributed by atoms with Crippen molar-refractivity contribution in [3.63, 3.8) is 0 Å². The number of aromatic hydroxyl groups is 1. The van der Waals surface area contributed by atoms with Crippen LogP contribution >= 0.6 is 0 Å². The maximum absolute atomic E-state index is 9.97. The van der Waals surface area contributed by atoms with E-state index in [0.717, 1.165) is 5.52 Å². The molecule has 0 fully saturated rings. The lowest BCUT2D eigenvalue weighted by Gasteiger charge is -2.14. The second kappa shape index (κ2) is 4.22. The van der Waals surface area contributed by atoms with Crippen LogP contribution in [0, 0.1) is 6.92 Å². The lowest BCUT2D eigenvalue weighted by molar-refractivity contribution is 0.196. The van der Waals surface area contributed by atoms with E-state index in [1.807, 2.05) is 6.07 Å². The van der Waals surface area contributed by atoms with Crippen LogP contribution in [0.5, 0.6) is 11.5 Å². The van der Waals surface area contributed by atoms with Gasteiger partial charge in [-0.05, 0) is 32.0 Å². The molecule has 0 spiro atoms. The van der Waals surface area contributed by atoms with E-state index in [9.17, 15) is 10.2 Å². The predicted octanol–water partition coefficient (Wildman–Crippen LogP) is 2.31. The van der Waals surface area contributed by atoms with E-state index >= 15 is 0 Å². The number of aryl methyl sites for hydroxylation is 1. The number of aromatic nitrogens is 1. The topological polar surface area (TPSA) is 62.6 Å². The number of hydrogen-bond acceptors (Lipinski definition) is 4. The Hall–Kier alpha value is -1.81. The van der Waals surface area contributed by atoms with Gasteiger partial charge >= 0.3 is 0 Å². The smallest absolute Gasteiger partial charge is 0.143 e. The molecule has 90 valence electrons. The summed E-state index contributed by atoms with van der Waals surface area (Å²) in [6.07, 6.45) is -0.758. The van der Waals surface area contributed by atoms with Crippen molar-refractivity contribution in [2.45, 2.75) is 20.0 Å². The highest BCUT2D eigenvalue weighted by Crippen LogP contribution is 2.34. The Bertz CT molecular complexity index is 564. The molecule has 2 rings (SSSR count).